The summed E-state index contributed by atoms with van der Waals surface area (Å²) in [6.07, 6.45) is -5.44. The van der Waals surface area contributed by atoms with Gasteiger partial charge in [0.05, 0.1) is 29.3 Å². The van der Waals surface area contributed by atoms with E-state index in [0.717, 1.165) is 18.2 Å². The van der Waals surface area contributed by atoms with Gasteiger partial charge in [-0.1, -0.05) is 0 Å². The fourth-order valence-corrected chi connectivity index (χ4v) is 1.62. The normalized spacial score (nSPS) is 12.5. The lowest BCUT2D eigenvalue weighted by Crippen LogP contribution is -2.25. The van der Waals surface area contributed by atoms with Crippen LogP contribution in [0.25, 0.3) is 0 Å². The molecule has 0 aromatic heterocycles. The van der Waals surface area contributed by atoms with Crippen molar-refractivity contribution in [2.75, 3.05) is 19.0 Å². The molecule has 0 saturated carbocycles. The summed E-state index contributed by atoms with van der Waals surface area (Å²) in [4.78, 5) is 10.6. The molecule has 2 N–H and O–H groups in total. The van der Waals surface area contributed by atoms with Gasteiger partial charge in [0.25, 0.3) is 0 Å². The Balaban J connectivity index is 2.85. The zero-order valence-corrected chi connectivity index (χ0v) is 11.1. The molecule has 114 valence electrons. The van der Waals surface area contributed by atoms with Crippen LogP contribution in [0.15, 0.2) is 18.2 Å². The number of hydrogen-bond donors (Lipinski definition) is 2. The number of alkyl halides is 3. The van der Waals surface area contributed by atoms with Crippen LogP contribution < -0.4 is 5.32 Å². The Kier molecular flexibility index (Phi) is 5.55. The number of rotatable bonds is 6. The van der Waals surface area contributed by atoms with Crippen LogP contribution in [0.1, 0.15) is 17.5 Å². The molecule has 0 spiro atoms. The van der Waals surface area contributed by atoms with Crippen LogP contribution in [-0.2, 0) is 15.7 Å². The molecule has 0 radical (unpaired) electrons. The van der Waals surface area contributed by atoms with E-state index in [2.05, 4.69) is 5.32 Å². The van der Waals surface area contributed by atoms with E-state index in [9.17, 15) is 18.0 Å². The average Bonchev–Trinajstić information content (AvgIpc) is 2.41. The quantitative estimate of drug-likeness (QED) is 0.843. The summed E-state index contributed by atoms with van der Waals surface area (Å²) < 4.78 is 42.5. The lowest BCUT2D eigenvalue weighted by Gasteiger charge is -2.16. The second-order valence-electron chi connectivity index (χ2n) is 4.21. The smallest absolute Gasteiger partial charge is 0.416 e. The number of methoxy groups -OCH3 is 1. The van der Waals surface area contributed by atoms with E-state index in [0.29, 0.717) is 0 Å². The summed E-state index contributed by atoms with van der Waals surface area (Å²) in [7, 11) is 1.33. The Labute approximate surface area is 118 Å². The molecule has 1 atom stereocenters. The van der Waals surface area contributed by atoms with Crippen molar-refractivity contribution in [3.8, 4) is 6.07 Å². The fraction of sp³-hybridized carbons (Fsp3) is 0.385. The van der Waals surface area contributed by atoms with Crippen LogP contribution in [0.4, 0.5) is 18.9 Å². The van der Waals surface area contributed by atoms with Gasteiger partial charge in [-0.3, -0.25) is 4.79 Å². The van der Waals surface area contributed by atoms with Gasteiger partial charge in [0, 0.05) is 13.7 Å². The topological polar surface area (TPSA) is 82.3 Å². The third-order valence-electron chi connectivity index (χ3n) is 2.72. The standard InChI is InChI=1S/C13H13F3N2O3/c1-21-10(5-12(19)20)7-18-11-3-2-9(13(14,15)16)4-8(11)6-17/h2-4,10,18H,5,7H2,1H3,(H,19,20). The third-order valence-corrected chi connectivity index (χ3v) is 2.72. The van der Waals surface area contributed by atoms with Crippen molar-refractivity contribution in [3.05, 3.63) is 29.3 Å². The Hall–Kier alpha value is -2.27. The van der Waals surface area contributed by atoms with E-state index in [-0.39, 0.29) is 24.2 Å². The van der Waals surface area contributed by atoms with Crippen molar-refractivity contribution in [2.24, 2.45) is 0 Å². The largest absolute Gasteiger partial charge is 0.481 e. The molecule has 0 amide bonds. The second kappa shape index (κ2) is 6.95. The number of ether oxygens (including phenoxy) is 1. The van der Waals surface area contributed by atoms with E-state index in [1.807, 2.05) is 0 Å². The average molecular weight is 302 g/mol. The molecule has 1 rings (SSSR count). The van der Waals surface area contributed by atoms with Crippen LogP contribution >= 0.6 is 0 Å². The van der Waals surface area contributed by atoms with E-state index in [4.69, 9.17) is 15.1 Å². The number of nitriles is 1. The number of aliphatic carboxylic acids is 1. The van der Waals surface area contributed by atoms with Gasteiger partial charge in [-0.15, -0.1) is 0 Å². The summed E-state index contributed by atoms with van der Waals surface area (Å²) in [6.45, 7) is 0.0584. The first-order chi connectivity index (χ1) is 9.77. The van der Waals surface area contributed by atoms with Crippen molar-refractivity contribution in [1.82, 2.24) is 0 Å². The molecule has 0 aliphatic heterocycles. The van der Waals surface area contributed by atoms with E-state index < -0.39 is 23.8 Å². The number of hydrogen-bond acceptors (Lipinski definition) is 4. The molecule has 8 heteroatoms. The Morgan fingerprint density at radius 3 is 2.67 bits per heavy atom. The summed E-state index contributed by atoms with van der Waals surface area (Å²) >= 11 is 0. The summed E-state index contributed by atoms with van der Waals surface area (Å²) in [5.74, 6) is -1.06. The number of carboxylic acids is 1. The van der Waals surface area contributed by atoms with E-state index in [1.54, 1.807) is 6.07 Å². The first-order valence-corrected chi connectivity index (χ1v) is 5.87. The highest BCUT2D eigenvalue weighted by Gasteiger charge is 2.31. The second-order valence-corrected chi connectivity index (χ2v) is 4.21. The number of nitrogens with one attached hydrogen (secondary N) is 1. The molecular weight excluding hydrogens is 289 g/mol. The van der Waals surface area contributed by atoms with Gasteiger partial charge >= 0.3 is 12.1 Å². The first kappa shape index (κ1) is 16.8. The van der Waals surface area contributed by atoms with Gasteiger partial charge in [0.1, 0.15) is 6.07 Å². The molecule has 21 heavy (non-hydrogen) atoms. The van der Waals surface area contributed by atoms with Crippen molar-refractivity contribution >= 4 is 11.7 Å². The number of nitrogens with zero attached hydrogens (tertiary/aromatic N) is 1. The lowest BCUT2D eigenvalue weighted by molar-refractivity contribution is -0.139. The number of carbonyl (C=O) groups is 1. The number of benzene rings is 1. The molecule has 1 aromatic carbocycles. The maximum Gasteiger partial charge on any atom is 0.416 e. The van der Waals surface area contributed by atoms with Gasteiger partial charge in [-0.2, -0.15) is 18.4 Å². The minimum atomic E-state index is -4.53. The molecule has 5 nitrogen and oxygen atoms in total. The maximum absolute atomic E-state index is 12.5. The summed E-state index contributed by atoms with van der Waals surface area (Å²) in [5.41, 5.74) is -0.897. The van der Waals surface area contributed by atoms with E-state index >= 15 is 0 Å². The van der Waals surface area contributed by atoms with E-state index in [1.165, 1.54) is 7.11 Å². The molecule has 0 aliphatic rings. The third kappa shape index (κ3) is 4.96. The van der Waals surface area contributed by atoms with Gasteiger partial charge in [-0.05, 0) is 18.2 Å². The highest BCUT2D eigenvalue weighted by Crippen LogP contribution is 2.31. The number of halogens is 3. The van der Waals surface area contributed by atoms with Gasteiger partial charge in [-0.25, -0.2) is 0 Å². The number of carboxylic acid groups (broad SMARTS) is 1. The Morgan fingerprint density at radius 2 is 2.19 bits per heavy atom. The summed E-state index contributed by atoms with van der Waals surface area (Å²) in [5, 5.41) is 20.3. The minimum absolute atomic E-state index is 0.0584. The molecule has 1 aromatic rings. The SMILES string of the molecule is COC(CNc1ccc(C(F)(F)F)cc1C#N)CC(=O)O. The monoisotopic (exact) mass is 302 g/mol. The molecule has 0 aliphatic carbocycles. The van der Waals surface area contributed by atoms with Crippen molar-refractivity contribution in [1.29, 1.82) is 5.26 Å². The van der Waals surface area contributed by atoms with Crippen LogP contribution in [0, 0.1) is 11.3 Å². The van der Waals surface area contributed by atoms with Crippen molar-refractivity contribution in [2.45, 2.75) is 18.7 Å². The molecule has 0 bridgehead atoms. The van der Waals surface area contributed by atoms with Gasteiger partial charge in [0.15, 0.2) is 0 Å². The zero-order chi connectivity index (χ0) is 16.0. The van der Waals surface area contributed by atoms with Crippen molar-refractivity contribution < 1.29 is 27.8 Å². The molecule has 0 fully saturated rings. The number of anilines is 1. The molecular formula is C13H13F3N2O3. The van der Waals surface area contributed by atoms with Gasteiger partial charge in [0.2, 0.25) is 0 Å². The summed E-state index contributed by atoms with van der Waals surface area (Å²) in [6, 6.07) is 4.39. The maximum atomic E-state index is 12.5. The van der Waals surface area contributed by atoms with Crippen LogP contribution in [-0.4, -0.2) is 30.8 Å². The minimum Gasteiger partial charge on any atom is -0.481 e. The zero-order valence-electron chi connectivity index (χ0n) is 11.1. The highest BCUT2D eigenvalue weighted by molar-refractivity contribution is 5.67. The van der Waals surface area contributed by atoms with Crippen molar-refractivity contribution in [3.63, 3.8) is 0 Å². The Bertz CT molecular complexity index is 553. The Morgan fingerprint density at radius 1 is 1.52 bits per heavy atom. The first-order valence-electron chi connectivity index (χ1n) is 5.87. The van der Waals surface area contributed by atoms with Gasteiger partial charge < -0.3 is 15.2 Å². The predicted molar refractivity (Wildman–Crippen MR) is 67.7 cm³/mol. The molecule has 1 unspecified atom stereocenters. The molecule has 0 heterocycles. The van der Waals surface area contributed by atoms with Crippen LogP contribution in [0.5, 0.6) is 0 Å². The predicted octanol–water partition coefficient (Wildman–Crippen LogP) is 2.48. The fourth-order valence-electron chi connectivity index (χ4n) is 1.62. The molecule has 0 saturated heterocycles. The van der Waals surface area contributed by atoms with Crippen LogP contribution in [0.3, 0.4) is 0 Å². The van der Waals surface area contributed by atoms with Crippen LogP contribution in [0.2, 0.25) is 0 Å². The highest BCUT2D eigenvalue weighted by atomic mass is 19.4. The lowest BCUT2D eigenvalue weighted by atomic mass is 10.1.